The normalized spacial score (nSPS) is 9.21. The number of methoxy groups -OCH3 is 1. The van der Waals surface area contributed by atoms with Crippen LogP contribution in [0.1, 0.15) is 21.7 Å². The number of carbonyl (C=O) groups is 1. The summed E-state index contributed by atoms with van der Waals surface area (Å²) in [6.07, 6.45) is 0. The molecule has 1 aromatic rings. The number of carbonyl (C=O) groups excluding carboxylic acids is 1. The fourth-order valence-electron chi connectivity index (χ4n) is 0.971. The molecule has 0 aliphatic heterocycles. The summed E-state index contributed by atoms with van der Waals surface area (Å²) in [7, 11) is 1.26. The van der Waals surface area contributed by atoms with E-state index < -0.39 is 5.97 Å². The van der Waals surface area contributed by atoms with Gasteiger partial charge in [0.05, 0.1) is 7.11 Å². The number of rotatable bonds is 2. The number of nitrogens with zero attached hydrogens (tertiary/aromatic N) is 2. The van der Waals surface area contributed by atoms with Gasteiger partial charge in [-0.2, -0.15) is 5.26 Å². The molecule has 0 fully saturated rings. The van der Waals surface area contributed by atoms with Gasteiger partial charge in [0.25, 0.3) is 0 Å². The summed E-state index contributed by atoms with van der Waals surface area (Å²) in [6.45, 7) is 0.251. The van der Waals surface area contributed by atoms with Crippen molar-refractivity contribution in [2.24, 2.45) is 5.73 Å². The van der Waals surface area contributed by atoms with Gasteiger partial charge in [0.2, 0.25) is 0 Å². The van der Waals surface area contributed by atoms with Crippen LogP contribution in [0.2, 0.25) is 0 Å². The second-order valence-electron chi connectivity index (χ2n) is 2.55. The third-order valence-corrected chi connectivity index (χ3v) is 1.63. The minimum absolute atomic E-state index is 0.104. The molecule has 0 radical (unpaired) electrons. The maximum Gasteiger partial charge on any atom is 0.356 e. The molecule has 0 atom stereocenters. The Morgan fingerprint density at radius 2 is 2.43 bits per heavy atom. The first-order chi connectivity index (χ1) is 6.71. The van der Waals surface area contributed by atoms with Crippen LogP contribution in [0.25, 0.3) is 0 Å². The number of hydrogen-bond donors (Lipinski definition) is 1. The van der Waals surface area contributed by atoms with Crippen molar-refractivity contribution >= 4 is 5.97 Å². The van der Waals surface area contributed by atoms with Crippen molar-refractivity contribution in [2.45, 2.75) is 6.54 Å². The van der Waals surface area contributed by atoms with Crippen LogP contribution in [0.3, 0.4) is 0 Å². The monoisotopic (exact) mass is 191 g/mol. The van der Waals surface area contributed by atoms with Gasteiger partial charge in [0.1, 0.15) is 17.5 Å². The van der Waals surface area contributed by atoms with Crippen LogP contribution in [0.4, 0.5) is 0 Å². The van der Waals surface area contributed by atoms with Crippen LogP contribution >= 0.6 is 0 Å². The summed E-state index contributed by atoms with van der Waals surface area (Å²) in [5, 5.41) is 8.63. The zero-order valence-corrected chi connectivity index (χ0v) is 7.65. The SMILES string of the molecule is COC(=O)c1cc(CN)cc(C#N)n1. The average molecular weight is 191 g/mol. The molecule has 0 unspecified atom stereocenters. The highest BCUT2D eigenvalue weighted by Crippen LogP contribution is 2.06. The number of pyridine rings is 1. The molecule has 0 saturated heterocycles. The van der Waals surface area contributed by atoms with Gasteiger partial charge in [-0.1, -0.05) is 0 Å². The molecule has 2 N–H and O–H groups in total. The zero-order valence-electron chi connectivity index (χ0n) is 7.65. The van der Waals surface area contributed by atoms with E-state index in [1.165, 1.54) is 19.2 Å². The molecule has 0 aliphatic rings. The fraction of sp³-hybridized carbons (Fsp3) is 0.222. The number of hydrogen-bond acceptors (Lipinski definition) is 5. The van der Waals surface area contributed by atoms with Gasteiger partial charge >= 0.3 is 5.97 Å². The van der Waals surface area contributed by atoms with Crippen molar-refractivity contribution in [3.63, 3.8) is 0 Å². The van der Waals surface area contributed by atoms with Crippen LogP contribution in [0, 0.1) is 11.3 Å². The Morgan fingerprint density at radius 3 is 2.93 bits per heavy atom. The fourth-order valence-corrected chi connectivity index (χ4v) is 0.971. The van der Waals surface area contributed by atoms with E-state index in [1.54, 1.807) is 0 Å². The van der Waals surface area contributed by atoms with Crippen LogP contribution in [-0.2, 0) is 11.3 Å². The first kappa shape index (κ1) is 10.2. The molecule has 0 amide bonds. The third kappa shape index (κ3) is 2.06. The number of nitrogens with two attached hydrogens (primary N) is 1. The van der Waals surface area contributed by atoms with E-state index in [-0.39, 0.29) is 17.9 Å². The van der Waals surface area contributed by atoms with Crippen LogP contribution in [0.15, 0.2) is 12.1 Å². The van der Waals surface area contributed by atoms with E-state index in [1.807, 2.05) is 6.07 Å². The smallest absolute Gasteiger partial charge is 0.356 e. The van der Waals surface area contributed by atoms with Gasteiger partial charge in [0, 0.05) is 6.54 Å². The van der Waals surface area contributed by atoms with E-state index in [2.05, 4.69) is 9.72 Å². The molecule has 72 valence electrons. The van der Waals surface area contributed by atoms with Crippen molar-refractivity contribution in [3.05, 3.63) is 29.1 Å². The second-order valence-corrected chi connectivity index (χ2v) is 2.55. The quantitative estimate of drug-likeness (QED) is 0.674. The number of nitriles is 1. The first-order valence-corrected chi connectivity index (χ1v) is 3.90. The lowest BCUT2D eigenvalue weighted by molar-refractivity contribution is 0.0594. The highest BCUT2D eigenvalue weighted by atomic mass is 16.5. The molecule has 1 aromatic heterocycles. The average Bonchev–Trinajstić information content (AvgIpc) is 2.27. The van der Waals surface area contributed by atoms with Crippen molar-refractivity contribution in [3.8, 4) is 6.07 Å². The summed E-state index contributed by atoms with van der Waals surface area (Å²) < 4.78 is 4.48. The van der Waals surface area contributed by atoms with E-state index in [0.717, 1.165) is 0 Å². The highest BCUT2D eigenvalue weighted by Gasteiger charge is 2.09. The highest BCUT2D eigenvalue weighted by molar-refractivity contribution is 5.87. The molecule has 5 heteroatoms. The summed E-state index contributed by atoms with van der Waals surface area (Å²) in [4.78, 5) is 14.9. The van der Waals surface area contributed by atoms with E-state index in [4.69, 9.17) is 11.0 Å². The van der Waals surface area contributed by atoms with E-state index in [0.29, 0.717) is 5.56 Å². The molecule has 1 rings (SSSR count). The second kappa shape index (κ2) is 4.35. The molecule has 14 heavy (non-hydrogen) atoms. The standard InChI is InChI=1S/C9H9N3O2/c1-14-9(13)8-3-6(4-10)2-7(5-11)12-8/h2-3H,4,10H2,1H3. The van der Waals surface area contributed by atoms with Crippen LogP contribution in [0.5, 0.6) is 0 Å². The molecule has 0 bridgehead atoms. The molecule has 0 aliphatic carbocycles. The van der Waals surface area contributed by atoms with Crippen molar-refractivity contribution in [2.75, 3.05) is 7.11 Å². The van der Waals surface area contributed by atoms with Gasteiger partial charge in [-0.3, -0.25) is 0 Å². The number of ether oxygens (including phenoxy) is 1. The minimum atomic E-state index is -0.572. The summed E-state index contributed by atoms with van der Waals surface area (Å²) in [6, 6.07) is 4.89. The molecule has 5 nitrogen and oxygen atoms in total. The minimum Gasteiger partial charge on any atom is -0.464 e. The molecular weight excluding hydrogens is 182 g/mol. The lowest BCUT2D eigenvalue weighted by Gasteiger charge is -2.01. The topological polar surface area (TPSA) is 89.0 Å². The van der Waals surface area contributed by atoms with Crippen molar-refractivity contribution < 1.29 is 9.53 Å². The molecule has 0 spiro atoms. The molecule has 0 saturated carbocycles. The predicted molar refractivity (Wildman–Crippen MR) is 48.2 cm³/mol. The van der Waals surface area contributed by atoms with Gasteiger partial charge in [-0.15, -0.1) is 0 Å². The van der Waals surface area contributed by atoms with Crippen LogP contribution in [-0.4, -0.2) is 18.1 Å². The van der Waals surface area contributed by atoms with E-state index >= 15 is 0 Å². The summed E-state index contributed by atoms with van der Waals surface area (Å²) >= 11 is 0. The Morgan fingerprint density at radius 1 is 1.71 bits per heavy atom. The largest absolute Gasteiger partial charge is 0.464 e. The number of esters is 1. The third-order valence-electron chi connectivity index (χ3n) is 1.63. The Balaban J connectivity index is 3.19. The van der Waals surface area contributed by atoms with Crippen molar-refractivity contribution in [1.82, 2.24) is 4.98 Å². The summed E-state index contributed by atoms with van der Waals surface area (Å²) in [5.41, 5.74) is 6.34. The number of aromatic nitrogens is 1. The predicted octanol–water partition coefficient (Wildman–Crippen LogP) is 0.199. The lowest BCUT2D eigenvalue weighted by atomic mass is 10.2. The lowest BCUT2D eigenvalue weighted by Crippen LogP contribution is -2.08. The van der Waals surface area contributed by atoms with E-state index in [9.17, 15) is 4.79 Å². The molecule has 0 aromatic carbocycles. The Labute approximate surface area is 81.1 Å². The maximum atomic E-state index is 11.1. The Kier molecular flexibility index (Phi) is 3.15. The van der Waals surface area contributed by atoms with Gasteiger partial charge < -0.3 is 10.5 Å². The first-order valence-electron chi connectivity index (χ1n) is 3.90. The Bertz CT molecular complexity index is 396. The zero-order chi connectivity index (χ0) is 10.6. The maximum absolute atomic E-state index is 11.1. The van der Waals surface area contributed by atoms with Gasteiger partial charge in [0.15, 0.2) is 0 Å². The van der Waals surface area contributed by atoms with Gasteiger partial charge in [-0.25, -0.2) is 9.78 Å². The molecule has 1 heterocycles. The summed E-state index contributed by atoms with van der Waals surface area (Å²) in [5.74, 6) is -0.572. The molecular formula is C9H9N3O2. The Hall–Kier alpha value is -1.93. The van der Waals surface area contributed by atoms with Gasteiger partial charge in [-0.05, 0) is 17.7 Å². The van der Waals surface area contributed by atoms with Crippen molar-refractivity contribution in [1.29, 1.82) is 5.26 Å². The van der Waals surface area contributed by atoms with Crippen LogP contribution < -0.4 is 5.73 Å².